The lowest BCUT2D eigenvalue weighted by atomic mass is 9.78. The average molecular weight is 288 g/mol. The van der Waals surface area contributed by atoms with E-state index in [-0.39, 0.29) is 18.1 Å². The molecule has 1 atom stereocenters. The molecule has 1 aromatic rings. The van der Waals surface area contributed by atoms with Gasteiger partial charge >= 0.3 is 0 Å². The van der Waals surface area contributed by atoms with Gasteiger partial charge in [-0.15, -0.1) is 0 Å². The molecule has 1 saturated carbocycles. The summed E-state index contributed by atoms with van der Waals surface area (Å²) in [5, 5.41) is 0. The summed E-state index contributed by atoms with van der Waals surface area (Å²) in [6, 6.07) is 10.1. The smallest absolute Gasteiger partial charge is 0.158 e. The molecule has 2 aliphatic rings. The number of rotatable bonds is 5. The van der Waals surface area contributed by atoms with Crippen LogP contribution in [0.5, 0.6) is 0 Å². The van der Waals surface area contributed by atoms with E-state index in [4.69, 9.17) is 9.47 Å². The first-order chi connectivity index (χ1) is 10.3. The maximum absolute atomic E-state index is 13.0. The highest BCUT2D eigenvalue weighted by Gasteiger charge is 2.32. The van der Waals surface area contributed by atoms with E-state index in [1.54, 1.807) is 0 Å². The number of ether oxygens (including phenoxy) is 2. The first kappa shape index (κ1) is 14.7. The Hall–Kier alpha value is -1.19. The van der Waals surface area contributed by atoms with E-state index in [0.29, 0.717) is 25.4 Å². The van der Waals surface area contributed by atoms with Gasteiger partial charge in [0.15, 0.2) is 6.29 Å². The molecule has 0 bridgehead atoms. The highest BCUT2D eigenvalue weighted by molar-refractivity contribution is 5.88. The van der Waals surface area contributed by atoms with Crippen LogP contribution in [-0.2, 0) is 14.3 Å². The number of carbonyl (C=O) groups is 1. The standard InChI is InChI=1S/C18H24O3/c19-18(15-9-5-2-6-10-15)16(13-17-20-11-12-21-17)14-7-3-1-4-8-14/h1,3-4,7-8,15-17H,2,5-6,9-13H2. The second kappa shape index (κ2) is 7.19. The van der Waals surface area contributed by atoms with E-state index in [2.05, 4.69) is 12.1 Å². The average Bonchev–Trinajstić information content (AvgIpc) is 3.07. The van der Waals surface area contributed by atoms with Crippen LogP contribution in [0.2, 0.25) is 0 Å². The van der Waals surface area contributed by atoms with Crippen LogP contribution in [0.3, 0.4) is 0 Å². The zero-order valence-corrected chi connectivity index (χ0v) is 12.5. The van der Waals surface area contributed by atoms with Crippen molar-refractivity contribution in [3.8, 4) is 0 Å². The second-order valence-corrected chi connectivity index (χ2v) is 6.11. The van der Waals surface area contributed by atoms with E-state index in [1.807, 2.05) is 18.2 Å². The van der Waals surface area contributed by atoms with Crippen molar-refractivity contribution in [2.75, 3.05) is 13.2 Å². The molecule has 3 rings (SSSR count). The number of hydrogen-bond acceptors (Lipinski definition) is 3. The van der Waals surface area contributed by atoms with Gasteiger partial charge in [-0.1, -0.05) is 49.6 Å². The molecule has 21 heavy (non-hydrogen) atoms. The molecule has 114 valence electrons. The highest BCUT2D eigenvalue weighted by atomic mass is 16.7. The van der Waals surface area contributed by atoms with Crippen LogP contribution in [0, 0.1) is 5.92 Å². The molecule has 0 amide bonds. The molecule has 1 heterocycles. The molecule has 0 N–H and O–H groups in total. The van der Waals surface area contributed by atoms with Crippen molar-refractivity contribution >= 4 is 5.78 Å². The first-order valence-electron chi connectivity index (χ1n) is 8.16. The summed E-state index contributed by atoms with van der Waals surface area (Å²) in [5.74, 6) is 0.530. The highest BCUT2D eigenvalue weighted by Crippen LogP contribution is 2.33. The second-order valence-electron chi connectivity index (χ2n) is 6.11. The van der Waals surface area contributed by atoms with Gasteiger partial charge in [0.1, 0.15) is 5.78 Å². The van der Waals surface area contributed by atoms with Gasteiger partial charge in [0, 0.05) is 18.3 Å². The Kier molecular flexibility index (Phi) is 5.04. The number of hydrogen-bond donors (Lipinski definition) is 0. The predicted molar refractivity (Wildman–Crippen MR) is 81.1 cm³/mol. The van der Waals surface area contributed by atoms with Crippen LogP contribution in [-0.4, -0.2) is 25.3 Å². The van der Waals surface area contributed by atoms with E-state index in [1.165, 1.54) is 19.3 Å². The van der Waals surface area contributed by atoms with Crippen LogP contribution >= 0.6 is 0 Å². The predicted octanol–water partition coefficient (Wildman–Crippen LogP) is 3.68. The summed E-state index contributed by atoms with van der Waals surface area (Å²) < 4.78 is 11.1. The van der Waals surface area contributed by atoms with Gasteiger partial charge in [-0.3, -0.25) is 4.79 Å². The lowest BCUT2D eigenvalue weighted by Gasteiger charge is -2.26. The molecule has 3 nitrogen and oxygen atoms in total. The largest absolute Gasteiger partial charge is 0.350 e. The minimum atomic E-state index is -0.220. The third-order valence-corrected chi connectivity index (χ3v) is 4.67. The lowest BCUT2D eigenvalue weighted by Crippen LogP contribution is -2.27. The molecule has 1 aliphatic heterocycles. The molecule has 0 aromatic heterocycles. The topological polar surface area (TPSA) is 35.5 Å². The van der Waals surface area contributed by atoms with Gasteiger partial charge in [-0.2, -0.15) is 0 Å². The number of benzene rings is 1. The summed E-state index contributed by atoms with van der Waals surface area (Å²) in [4.78, 5) is 13.0. The maximum atomic E-state index is 13.0. The summed E-state index contributed by atoms with van der Waals surface area (Å²) in [5.41, 5.74) is 1.10. The molecule has 1 unspecified atom stereocenters. The van der Waals surface area contributed by atoms with E-state index < -0.39 is 0 Å². The Labute approximate surface area is 126 Å². The summed E-state index contributed by atoms with van der Waals surface area (Å²) >= 11 is 0. The molecule has 3 heteroatoms. The third kappa shape index (κ3) is 3.72. The summed E-state index contributed by atoms with van der Waals surface area (Å²) in [7, 11) is 0. The number of Topliss-reactive ketones (excluding diaryl/α,β-unsaturated/α-hetero) is 1. The van der Waals surface area contributed by atoms with Crippen LogP contribution in [0.1, 0.15) is 50.0 Å². The maximum Gasteiger partial charge on any atom is 0.158 e. The van der Waals surface area contributed by atoms with Gasteiger partial charge in [0.05, 0.1) is 13.2 Å². The zero-order valence-electron chi connectivity index (χ0n) is 12.5. The Balaban J connectivity index is 1.75. The summed E-state index contributed by atoms with van der Waals surface area (Å²) in [6.45, 7) is 1.29. The van der Waals surface area contributed by atoms with Gasteiger partial charge in [-0.25, -0.2) is 0 Å². The van der Waals surface area contributed by atoms with Crippen molar-refractivity contribution in [1.29, 1.82) is 0 Å². The molecular formula is C18H24O3. The fourth-order valence-corrected chi connectivity index (χ4v) is 3.51. The quantitative estimate of drug-likeness (QED) is 0.829. The van der Waals surface area contributed by atoms with E-state index in [9.17, 15) is 4.79 Å². The molecular weight excluding hydrogens is 264 g/mol. The number of ketones is 1. The fraction of sp³-hybridized carbons (Fsp3) is 0.611. The third-order valence-electron chi connectivity index (χ3n) is 4.67. The Morgan fingerprint density at radius 3 is 2.38 bits per heavy atom. The molecule has 1 aliphatic carbocycles. The van der Waals surface area contributed by atoms with Gasteiger partial charge in [0.2, 0.25) is 0 Å². The minimum Gasteiger partial charge on any atom is -0.350 e. The van der Waals surface area contributed by atoms with Crippen LogP contribution in [0.25, 0.3) is 0 Å². The van der Waals surface area contributed by atoms with Crippen molar-refractivity contribution < 1.29 is 14.3 Å². The van der Waals surface area contributed by atoms with Crippen molar-refractivity contribution in [3.05, 3.63) is 35.9 Å². The van der Waals surface area contributed by atoms with Crippen molar-refractivity contribution in [2.24, 2.45) is 5.92 Å². The Morgan fingerprint density at radius 1 is 1.05 bits per heavy atom. The molecule has 1 saturated heterocycles. The van der Waals surface area contributed by atoms with Crippen LogP contribution < -0.4 is 0 Å². The zero-order chi connectivity index (χ0) is 14.5. The monoisotopic (exact) mass is 288 g/mol. The minimum absolute atomic E-state index is 0.0857. The molecule has 0 spiro atoms. The Morgan fingerprint density at radius 2 is 1.71 bits per heavy atom. The van der Waals surface area contributed by atoms with Crippen molar-refractivity contribution in [3.63, 3.8) is 0 Å². The molecule has 0 radical (unpaired) electrons. The van der Waals surface area contributed by atoms with E-state index >= 15 is 0 Å². The van der Waals surface area contributed by atoms with Crippen molar-refractivity contribution in [2.45, 2.75) is 50.7 Å². The van der Waals surface area contributed by atoms with E-state index in [0.717, 1.165) is 18.4 Å². The SMILES string of the molecule is O=C(C1CCCCC1)C(CC1OCCO1)c1ccccc1. The molecule has 1 aromatic carbocycles. The normalized spacial score (nSPS) is 22.3. The van der Waals surface area contributed by atoms with Gasteiger partial charge < -0.3 is 9.47 Å². The lowest BCUT2D eigenvalue weighted by molar-refractivity contribution is -0.128. The number of carbonyl (C=O) groups excluding carboxylic acids is 1. The fourth-order valence-electron chi connectivity index (χ4n) is 3.51. The Bertz CT molecular complexity index is 445. The molecule has 2 fully saturated rings. The summed E-state index contributed by atoms with van der Waals surface area (Å²) in [6.07, 6.45) is 6.18. The first-order valence-corrected chi connectivity index (χ1v) is 8.16. The van der Waals surface area contributed by atoms with Gasteiger partial charge in [0.25, 0.3) is 0 Å². The van der Waals surface area contributed by atoms with Crippen LogP contribution in [0.4, 0.5) is 0 Å². The van der Waals surface area contributed by atoms with Crippen molar-refractivity contribution in [1.82, 2.24) is 0 Å². The van der Waals surface area contributed by atoms with Gasteiger partial charge in [-0.05, 0) is 18.4 Å². The van der Waals surface area contributed by atoms with Crippen LogP contribution in [0.15, 0.2) is 30.3 Å².